The lowest BCUT2D eigenvalue weighted by molar-refractivity contribution is 0.102. The molecule has 2 aromatic rings. The molecule has 0 saturated carbocycles. The number of nitrogens with one attached hydrogen (secondary N) is 2. The van der Waals surface area contributed by atoms with Gasteiger partial charge in [-0.2, -0.15) is 0 Å². The van der Waals surface area contributed by atoms with E-state index in [1.165, 1.54) is 12.4 Å². The highest BCUT2D eigenvalue weighted by atomic mass is 35.5. The molecule has 0 bridgehead atoms. The highest BCUT2D eigenvalue weighted by molar-refractivity contribution is 6.31. The zero-order chi connectivity index (χ0) is 15.2. The second-order valence-corrected chi connectivity index (χ2v) is 5.00. The number of aromatic nitrogens is 2. The molecule has 0 spiro atoms. The van der Waals surface area contributed by atoms with Crippen molar-refractivity contribution in [2.45, 2.75) is 20.3 Å². The maximum atomic E-state index is 12.1. The summed E-state index contributed by atoms with van der Waals surface area (Å²) in [6, 6.07) is 5.38. The molecule has 2 rings (SSSR count). The van der Waals surface area contributed by atoms with Crippen LogP contribution in [0.25, 0.3) is 0 Å². The number of hydrogen-bond donors (Lipinski definition) is 2. The predicted octanol–water partition coefficient (Wildman–Crippen LogP) is 3.51. The van der Waals surface area contributed by atoms with E-state index in [2.05, 4.69) is 27.5 Å². The van der Waals surface area contributed by atoms with E-state index >= 15 is 0 Å². The first-order valence-corrected chi connectivity index (χ1v) is 7.12. The normalized spacial score (nSPS) is 10.2. The van der Waals surface area contributed by atoms with Crippen LogP contribution in [0.3, 0.4) is 0 Å². The van der Waals surface area contributed by atoms with Crippen molar-refractivity contribution in [3.05, 3.63) is 46.7 Å². The molecule has 0 atom stereocenters. The fourth-order valence-electron chi connectivity index (χ4n) is 1.71. The number of amides is 1. The van der Waals surface area contributed by atoms with Crippen molar-refractivity contribution in [2.75, 3.05) is 17.2 Å². The minimum atomic E-state index is -0.262. The van der Waals surface area contributed by atoms with E-state index in [1.54, 1.807) is 18.2 Å². The van der Waals surface area contributed by atoms with Crippen LogP contribution in [-0.4, -0.2) is 22.4 Å². The first-order chi connectivity index (χ1) is 10.1. The average molecular weight is 305 g/mol. The van der Waals surface area contributed by atoms with Gasteiger partial charge in [0.05, 0.1) is 5.56 Å². The topological polar surface area (TPSA) is 66.9 Å². The summed E-state index contributed by atoms with van der Waals surface area (Å²) in [5.41, 5.74) is 1.91. The summed E-state index contributed by atoms with van der Waals surface area (Å²) in [5, 5.41) is 6.48. The molecule has 0 radical (unpaired) electrons. The zero-order valence-electron chi connectivity index (χ0n) is 12.0. The lowest BCUT2D eigenvalue weighted by Crippen LogP contribution is -2.14. The Bertz CT molecular complexity index is 628. The van der Waals surface area contributed by atoms with Gasteiger partial charge in [-0.25, -0.2) is 9.97 Å². The largest absolute Gasteiger partial charge is 0.354 e. The van der Waals surface area contributed by atoms with Gasteiger partial charge < -0.3 is 10.6 Å². The van der Waals surface area contributed by atoms with Crippen LogP contribution < -0.4 is 10.6 Å². The van der Waals surface area contributed by atoms with Crippen LogP contribution in [0.1, 0.15) is 29.3 Å². The Hall–Kier alpha value is -2.14. The van der Waals surface area contributed by atoms with Crippen LogP contribution in [-0.2, 0) is 0 Å². The summed E-state index contributed by atoms with van der Waals surface area (Å²) in [7, 11) is 0. The third kappa shape index (κ3) is 3.92. The number of nitrogens with zero attached hydrogens (tertiary/aromatic N) is 2. The number of halogens is 1. The van der Waals surface area contributed by atoms with Gasteiger partial charge in [-0.3, -0.25) is 4.79 Å². The van der Waals surface area contributed by atoms with Crippen molar-refractivity contribution in [1.82, 2.24) is 9.97 Å². The fourth-order valence-corrected chi connectivity index (χ4v) is 1.89. The van der Waals surface area contributed by atoms with E-state index in [-0.39, 0.29) is 5.91 Å². The molecule has 1 heterocycles. The molecule has 2 N–H and O–H groups in total. The van der Waals surface area contributed by atoms with Gasteiger partial charge in [-0.05, 0) is 31.0 Å². The molecule has 0 unspecified atom stereocenters. The van der Waals surface area contributed by atoms with Crippen LogP contribution in [0.15, 0.2) is 30.6 Å². The van der Waals surface area contributed by atoms with Gasteiger partial charge in [0.1, 0.15) is 0 Å². The predicted molar refractivity (Wildman–Crippen MR) is 85.0 cm³/mol. The lowest BCUT2D eigenvalue weighted by Gasteiger charge is -2.09. The monoisotopic (exact) mass is 304 g/mol. The Morgan fingerprint density at radius 3 is 2.67 bits per heavy atom. The molecule has 1 aromatic heterocycles. The van der Waals surface area contributed by atoms with E-state index < -0.39 is 0 Å². The van der Waals surface area contributed by atoms with E-state index in [0.29, 0.717) is 22.2 Å². The number of benzene rings is 1. The first-order valence-electron chi connectivity index (χ1n) is 6.74. The molecule has 6 heteroatoms. The average Bonchev–Trinajstić information content (AvgIpc) is 2.50. The third-order valence-corrected chi connectivity index (χ3v) is 3.37. The van der Waals surface area contributed by atoms with Gasteiger partial charge in [-0.15, -0.1) is 0 Å². The lowest BCUT2D eigenvalue weighted by atomic mass is 10.2. The third-order valence-electron chi connectivity index (χ3n) is 2.96. The number of carbonyl (C=O) groups excluding carboxylic acids is 1. The molecule has 0 saturated heterocycles. The molecule has 21 heavy (non-hydrogen) atoms. The number of anilines is 2. The Morgan fingerprint density at radius 2 is 2.00 bits per heavy atom. The van der Waals surface area contributed by atoms with E-state index in [1.807, 2.05) is 6.92 Å². The van der Waals surface area contributed by atoms with Crippen molar-refractivity contribution < 1.29 is 4.79 Å². The molecule has 1 amide bonds. The minimum absolute atomic E-state index is 0.262. The molecular weight excluding hydrogens is 288 g/mol. The van der Waals surface area contributed by atoms with Crippen molar-refractivity contribution in [3.8, 4) is 0 Å². The van der Waals surface area contributed by atoms with Crippen LogP contribution >= 0.6 is 11.6 Å². The first kappa shape index (κ1) is 15.3. The molecule has 0 aliphatic rings. The summed E-state index contributed by atoms with van der Waals surface area (Å²) >= 11 is 6.03. The summed E-state index contributed by atoms with van der Waals surface area (Å²) in [5.74, 6) is 0.259. The Kier molecular flexibility index (Phi) is 5.11. The Balaban J connectivity index is 2.08. The SMILES string of the molecule is CCCNc1ncc(C(=O)Nc2cccc(Cl)c2C)cn1. The maximum absolute atomic E-state index is 12.1. The van der Waals surface area contributed by atoms with E-state index in [4.69, 9.17) is 11.6 Å². The van der Waals surface area contributed by atoms with Gasteiger partial charge in [0, 0.05) is 29.6 Å². The number of hydrogen-bond acceptors (Lipinski definition) is 4. The molecule has 0 aliphatic heterocycles. The molecule has 0 fully saturated rings. The molecular formula is C15H17ClN4O. The summed E-state index contributed by atoms with van der Waals surface area (Å²) in [4.78, 5) is 20.4. The van der Waals surface area contributed by atoms with Crippen molar-refractivity contribution in [2.24, 2.45) is 0 Å². The van der Waals surface area contributed by atoms with Gasteiger partial charge in [0.2, 0.25) is 5.95 Å². The second kappa shape index (κ2) is 7.04. The van der Waals surface area contributed by atoms with E-state index in [0.717, 1.165) is 18.5 Å². The van der Waals surface area contributed by atoms with Crippen molar-refractivity contribution in [3.63, 3.8) is 0 Å². The fraction of sp³-hybridized carbons (Fsp3) is 0.267. The quantitative estimate of drug-likeness (QED) is 0.887. The van der Waals surface area contributed by atoms with Crippen LogP contribution in [0.2, 0.25) is 5.02 Å². The van der Waals surface area contributed by atoms with Crippen LogP contribution in [0.4, 0.5) is 11.6 Å². The highest BCUT2D eigenvalue weighted by Gasteiger charge is 2.10. The van der Waals surface area contributed by atoms with Gasteiger partial charge >= 0.3 is 0 Å². The molecule has 0 aliphatic carbocycles. The summed E-state index contributed by atoms with van der Waals surface area (Å²) in [6.45, 7) is 4.71. The number of carbonyl (C=O) groups is 1. The Morgan fingerprint density at radius 1 is 1.29 bits per heavy atom. The zero-order valence-corrected chi connectivity index (χ0v) is 12.7. The smallest absolute Gasteiger partial charge is 0.258 e. The van der Waals surface area contributed by atoms with Gasteiger partial charge in [0.25, 0.3) is 5.91 Å². The van der Waals surface area contributed by atoms with Gasteiger partial charge in [-0.1, -0.05) is 24.6 Å². The molecule has 5 nitrogen and oxygen atoms in total. The van der Waals surface area contributed by atoms with Gasteiger partial charge in [0.15, 0.2) is 0 Å². The standard InChI is InChI=1S/C15H17ClN4O/c1-3-7-17-15-18-8-11(9-19-15)14(21)20-13-6-4-5-12(16)10(13)2/h4-6,8-9H,3,7H2,1-2H3,(H,20,21)(H,17,18,19). The van der Waals surface area contributed by atoms with Crippen LogP contribution in [0.5, 0.6) is 0 Å². The molecule has 1 aromatic carbocycles. The van der Waals surface area contributed by atoms with Crippen LogP contribution in [0, 0.1) is 6.92 Å². The van der Waals surface area contributed by atoms with Crippen molar-refractivity contribution >= 4 is 29.1 Å². The van der Waals surface area contributed by atoms with Crippen molar-refractivity contribution in [1.29, 1.82) is 0 Å². The number of rotatable bonds is 5. The second-order valence-electron chi connectivity index (χ2n) is 4.59. The maximum Gasteiger partial charge on any atom is 0.258 e. The minimum Gasteiger partial charge on any atom is -0.354 e. The van der Waals surface area contributed by atoms with E-state index in [9.17, 15) is 4.79 Å². The molecule has 110 valence electrons. The summed E-state index contributed by atoms with van der Waals surface area (Å²) in [6.07, 6.45) is 3.99. The highest BCUT2D eigenvalue weighted by Crippen LogP contribution is 2.23. The summed E-state index contributed by atoms with van der Waals surface area (Å²) < 4.78 is 0. The Labute approximate surface area is 128 Å².